The molecule has 0 amide bonds. The molecular formula is C13H17BrN4O2. The molecule has 0 aromatic carbocycles. The first-order valence-corrected chi connectivity index (χ1v) is 7.37. The first-order chi connectivity index (χ1) is 9.57. The number of anilines is 1. The van der Waals surface area contributed by atoms with Crippen LogP contribution in [0.1, 0.15) is 12.8 Å². The van der Waals surface area contributed by atoms with Crippen LogP contribution < -0.4 is 4.90 Å². The Kier molecular flexibility index (Phi) is 3.66. The summed E-state index contributed by atoms with van der Waals surface area (Å²) in [4.78, 5) is 10.8. The lowest BCUT2D eigenvalue weighted by molar-refractivity contribution is -0.0573. The Hall–Kier alpha value is -1.18. The van der Waals surface area contributed by atoms with Crippen LogP contribution in [0.2, 0.25) is 0 Å². The summed E-state index contributed by atoms with van der Waals surface area (Å²) in [7, 11) is 1.93. The zero-order chi connectivity index (χ0) is 14.2. The van der Waals surface area contributed by atoms with Crippen molar-refractivity contribution in [1.82, 2.24) is 14.4 Å². The molecule has 0 unspecified atom stereocenters. The van der Waals surface area contributed by atoms with E-state index < -0.39 is 5.60 Å². The van der Waals surface area contributed by atoms with E-state index in [1.165, 1.54) is 0 Å². The summed E-state index contributed by atoms with van der Waals surface area (Å²) in [6, 6.07) is 0. The number of rotatable bonds is 3. The van der Waals surface area contributed by atoms with Crippen molar-refractivity contribution in [3.63, 3.8) is 0 Å². The quantitative estimate of drug-likeness (QED) is 0.916. The maximum absolute atomic E-state index is 10.6. The van der Waals surface area contributed by atoms with Gasteiger partial charge in [-0.15, -0.1) is 0 Å². The van der Waals surface area contributed by atoms with Crippen molar-refractivity contribution < 1.29 is 9.84 Å². The van der Waals surface area contributed by atoms with E-state index in [4.69, 9.17) is 4.74 Å². The topological polar surface area (TPSA) is 62.9 Å². The van der Waals surface area contributed by atoms with Gasteiger partial charge in [0.05, 0.1) is 5.60 Å². The lowest BCUT2D eigenvalue weighted by atomic mass is 9.94. The van der Waals surface area contributed by atoms with Gasteiger partial charge in [-0.2, -0.15) is 0 Å². The smallest absolute Gasteiger partial charge is 0.180 e. The molecule has 1 aliphatic rings. The van der Waals surface area contributed by atoms with Crippen molar-refractivity contribution >= 4 is 27.4 Å². The van der Waals surface area contributed by atoms with Crippen LogP contribution in [0.25, 0.3) is 5.65 Å². The van der Waals surface area contributed by atoms with E-state index in [2.05, 4.69) is 25.9 Å². The number of hydrogen-bond donors (Lipinski definition) is 1. The minimum atomic E-state index is -0.722. The molecule has 108 valence electrons. The lowest BCUT2D eigenvalue weighted by Gasteiger charge is -2.35. The molecule has 0 bridgehead atoms. The average Bonchev–Trinajstić information content (AvgIpc) is 2.85. The molecule has 6 nitrogen and oxygen atoms in total. The van der Waals surface area contributed by atoms with Crippen LogP contribution in [0, 0.1) is 0 Å². The summed E-state index contributed by atoms with van der Waals surface area (Å²) >= 11 is 3.41. The maximum Gasteiger partial charge on any atom is 0.180 e. The van der Waals surface area contributed by atoms with Gasteiger partial charge in [0.1, 0.15) is 4.60 Å². The maximum atomic E-state index is 10.6. The van der Waals surface area contributed by atoms with E-state index in [0.29, 0.717) is 32.6 Å². The Morgan fingerprint density at radius 1 is 1.50 bits per heavy atom. The molecule has 3 heterocycles. The van der Waals surface area contributed by atoms with Gasteiger partial charge in [-0.3, -0.25) is 0 Å². The number of aromatic nitrogens is 3. The van der Waals surface area contributed by atoms with Crippen molar-refractivity contribution in [1.29, 1.82) is 0 Å². The van der Waals surface area contributed by atoms with E-state index >= 15 is 0 Å². The van der Waals surface area contributed by atoms with Gasteiger partial charge in [-0.05, 0) is 15.9 Å². The van der Waals surface area contributed by atoms with Gasteiger partial charge in [0.2, 0.25) is 0 Å². The second-order valence-electron chi connectivity index (χ2n) is 5.24. The average molecular weight is 341 g/mol. The molecule has 0 atom stereocenters. The molecule has 3 rings (SSSR count). The van der Waals surface area contributed by atoms with Gasteiger partial charge in [-0.1, -0.05) is 0 Å². The molecule has 7 heteroatoms. The number of fused-ring (bicyclic) bond motifs is 1. The monoisotopic (exact) mass is 340 g/mol. The van der Waals surface area contributed by atoms with E-state index in [-0.39, 0.29) is 0 Å². The standard InChI is InChI=1S/C13H17BrN4O2/c1-17(9-13(19)2-6-20-7-3-13)12-11-15-4-5-18(11)8-10(14)16-12/h4-5,8,19H,2-3,6-7,9H2,1H3. The molecule has 0 saturated carbocycles. The lowest BCUT2D eigenvalue weighted by Crippen LogP contribution is -2.46. The third-order valence-electron chi connectivity index (χ3n) is 3.64. The highest BCUT2D eigenvalue weighted by Crippen LogP contribution is 2.26. The van der Waals surface area contributed by atoms with Crippen LogP contribution in [0.4, 0.5) is 5.82 Å². The Labute approximate surface area is 125 Å². The zero-order valence-corrected chi connectivity index (χ0v) is 12.9. The summed E-state index contributed by atoms with van der Waals surface area (Å²) < 4.78 is 7.96. The summed E-state index contributed by atoms with van der Waals surface area (Å²) in [5.74, 6) is 0.754. The predicted octanol–water partition coefficient (Wildman–Crippen LogP) is 1.47. The van der Waals surface area contributed by atoms with Crippen LogP contribution in [-0.4, -0.2) is 51.9 Å². The molecule has 2 aromatic rings. The number of nitrogens with zero attached hydrogens (tertiary/aromatic N) is 4. The third-order valence-corrected chi connectivity index (χ3v) is 4.03. The highest BCUT2D eigenvalue weighted by Gasteiger charge is 2.32. The number of ether oxygens (including phenoxy) is 1. The van der Waals surface area contributed by atoms with Crippen molar-refractivity contribution in [2.75, 3.05) is 31.7 Å². The molecule has 0 spiro atoms. The molecule has 1 aliphatic heterocycles. The van der Waals surface area contributed by atoms with Crippen LogP contribution in [0.5, 0.6) is 0 Å². The summed E-state index contributed by atoms with van der Waals surface area (Å²) in [6.45, 7) is 1.73. The molecule has 0 aliphatic carbocycles. The second kappa shape index (κ2) is 5.31. The van der Waals surface area contributed by atoms with Crippen molar-refractivity contribution in [2.24, 2.45) is 0 Å². The third kappa shape index (κ3) is 2.65. The number of likely N-dealkylation sites (N-methyl/N-ethyl adjacent to an activating group) is 1. The zero-order valence-electron chi connectivity index (χ0n) is 11.3. The highest BCUT2D eigenvalue weighted by atomic mass is 79.9. The number of imidazole rings is 1. The van der Waals surface area contributed by atoms with Gasteiger partial charge in [-0.25, -0.2) is 9.97 Å². The minimum absolute atomic E-state index is 0.516. The van der Waals surface area contributed by atoms with E-state index in [1.807, 2.05) is 28.7 Å². The minimum Gasteiger partial charge on any atom is -0.388 e. The molecule has 1 N–H and O–H groups in total. The normalized spacial score (nSPS) is 18.4. The summed E-state index contributed by atoms with van der Waals surface area (Å²) in [6.07, 6.45) is 6.78. The van der Waals surface area contributed by atoms with E-state index in [9.17, 15) is 5.11 Å². The van der Waals surface area contributed by atoms with Crippen LogP contribution in [0.15, 0.2) is 23.2 Å². The van der Waals surface area contributed by atoms with Gasteiger partial charge < -0.3 is 19.1 Å². The van der Waals surface area contributed by atoms with Gasteiger partial charge in [0.15, 0.2) is 11.5 Å². The fraction of sp³-hybridized carbons (Fsp3) is 0.538. The SMILES string of the molecule is CN(CC1(O)CCOCC1)c1nc(Br)cn2ccnc12. The predicted molar refractivity (Wildman–Crippen MR) is 79.0 cm³/mol. The number of halogens is 1. The fourth-order valence-electron chi connectivity index (χ4n) is 2.57. The Balaban J connectivity index is 1.88. The van der Waals surface area contributed by atoms with Crippen LogP contribution in [0.3, 0.4) is 0 Å². The first-order valence-electron chi connectivity index (χ1n) is 6.58. The van der Waals surface area contributed by atoms with Crippen molar-refractivity contribution in [2.45, 2.75) is 18.4 Å². The number of aliphatic hydroxyl groups is 1. The van der Waals surface area contributed by atoms with Gasteiger partial charge >= 0.3 is 0 Å². The van der Waals surface area contributed by atoms with Crippen molar-refractivity contribution in [3.05, 3.63) is 23.2 Å². The largest absolute Gasteiger partial charge is 0.388 e. The highest BCUT2D eigenvalue weighted by molar-refractivity contribution is 9.10. The molecule has 0 radical (unpaired) electrons. The van der Waals surface area contributed by atoms with Gasteiger partial charge in [0, 0.05) is 58.2 Å². The summed E-state index contributed by atoms with van der Waals surface area (Å²) in [5.41, 5.74) is 0.0620. The molecule has 1 fully saturated rings. The Bertz CT molecular complexity index is 609. The van der Waals surface area contributed by atoms with Gasteiger partial charge in [0.25, 0.3) is 0 Å². The Morgan fingerprint density at radius 2 is 2.25 bits per heavy atom. The Morgan fingerprint density at radius 3 is 3.00 bits per heavy atom. The van der Waals surface area contributed by atoms with Crippen LogP contribution >= 0.6 is 15.9 Å². The van der Waals surface area contributed by atoms with E-state index in [1.54, 1.807) is 6.20 Å². The fourth-order valence-corrected chi connectivity index (χ4v) is 2.96. The second-order valence-corrected chi connectivity index (χ2v) is 6.05. The summed E-state index contributed by atoms with van der Waals surface area (Å²) in [5, 5.41) is 10.6. The molecule has 2 aromatic heterocycles. The molecular weight excluding hydrogens is 324 g/mol. The molecule has 1 saturated heterocycles. The molecule has 20 heavy (non-hydrogen) atoms. The van der Waals surface area contributed by atoms with Crippen molar-refractivity contribution in [3.8, 4) is 0 Å². The van der Waals surface area contributed by atoms with Crippen LogP contribution in [-0.2, 0) is 4.74 Å². The van der Waals surface area contributed by atoms with E-state index in [0.717, 1.165) is 16.1 Å². The number of hydrogen-bond acceptors (Lipinski definition) is 5. The first kappa shape index (κ1) is 13.8.